The number of halogens is 1. The van der Waals surface area contributed by atoms with Gasteiger partial charge in [-0.05, 0) is 54.1 Å². The minimum atomic E-state index is -3.89. The van der Waals surface area contributed by atoms with E-state index in [2.05, 4.69) is 15.9 Å². The summed E-state index contributed by atoms with van der Waals surface area (Å²) >= 11 is 3.32. The molecular weight excluding hydrogens is 480 g/mol. The van der Waals surface area contributed by atoms with Gasteiger partial charge in [-0.2, -0.15) is 4.31 Å². The van der Waals surface area contributed by atoms with E-state index in [9.17, 15) is 13.2 Å². The second kappa shape index (κ2) is 10.1. The molecule has 0 radical (unpaired) electrons. The molecule has 0 aliphatic carbocycles. The molecule has 3 aromatic rings. The first kappa shape index (κ1) is 23.0. The van der Waals surface area contributed by atoms with Crippen molar-refractivity contribution in [1.29, 1.82) is 0 Å². The normalized spacial score (nSPS) is 11.4. The van der Waals surface area contributed by atoms with Crippen LogP contribution in [0.3, 0.4) is 0 Å². The SMILES string of the molecule is COc1ccc(N(C)C(=O)CN(Cc2ccccc2)S(=O)(=O)c2ccc(Br)cc2)cc1. The van der Waals surface area contributed by atoms with Crippen LogP contribution in [0.15, 0.2) is 88.2 Å². The molecule has 162 valence electrons. The number of hydrogen-bond donors (Lipinski definition) is 0. The molecule has 0 spiro atoms. The molecule has 0 heterocycles. The summed E-state index contributed by atoms with van der Waals surface area (Å²) < 4.78 is 33.8. The number of sulfonamides is 1. The maximum absolute atomic E-state index is 13.3. The molecule has 0 bridgehead atoms. The van der Waals surface area contributed by atoms with Crippen molar-refractivity contribution < 1.29 is 17.9 Å². The Morgan fingerprint density at radius 3 is 2.13 bits per heavy atom. The highest BCUT2D eigenvalue weighted by Gasteiger charge is 2.28. The highest BCUT2D eigenvalue weighted by molar-refractivity contribution is 9.10. The Morgan fingerprint density at radius 1 is 0.935 bits per heavy atom. The van der Waals surface area contributed by atoms with Crippen molar-refractivity contribution in [2.45, 2.75) is 11.4 Å². The molecule has 31 heavy (non-hydrogen) atoms. The number of rotatable bonds is 8. The molecule has 0 saturated heterocycles. The Morgan fingerprint density at radius 2 is 1.55 bits per heavy atom. The van der Waals surface area contributed by atoms with Gasteiger partial charge >= 0.3 is 0 Å². The van der Waals surface area contributed by atoms with Gasteiger partial charge in [-0.15, -0.1) is 0 Å². The van der Waals surface area contributed by atoms with Crippen molar-refractivity contribution in [2.24, 2.45) is 0 Å². The number of likely N-dealkylation sites (N-methyl/N-ethyl adjacent to an activating group) is 1. The van der Waals surface area contributed by atoms with Crippen LogP contribution >= 0.6 is 15.9 Å². The first-order valence-corrected chi connectivity index (χ1v) is 11.7. The lowest BCUT2D eigenvalue weighted by molar-refractivity contribution is -0.118. The Hall–Kier alpha value is -2.68. The van der Waals surface area contributed by atoms with Gasteiger partial charge in [0.05, 0.1) is 18.6 Å². The summed E-state index contributed by atoms with van der Waals surface area (Å²) in [7, 11) is -0.703. The summed E-state index contributed by atoms with van der Waals surface area (Å²) in [4.78, 5) is 14.6. The first-order chi connectivity index (χ1) is 14.8. The van der Waals surface area contributed by atoms with E-state index in [1.807, 2.05) is 30.3 Å². The van der Waals surface area contributed by atoms with Crippen molar-refractivity contribution in [1.82, 2.24) is 4.31 Å². The van der Waals surface area contributed by atoms with Crippen molar-refractivity contribution in [2.75, 3.05) is 25.6 Å². The quantitative estimate of drug-likeness (QED) is 0.460. The van der Waals surface area contributed by atoms with E-state index in [-0.39, 0.29) is 23.9 Å². The van der Waals surface area contributed by atoms with E-state index >= 15 is 0 Å². The van der Waals surface area contributed by atoms with Crippen LogP contribution in [-0.2, 0) is 21.4 Å². The summed E-state index contributed by atoms with van der Waals surface area (Å²) in [6.45, 7) is -0.211. The van der Waals surface area contributed by atoms with Gasteiger partial charge in [0.2, 0.25) is 15.9 Å². The lowest BCUT2D eigenvalue weighted by atomic mass is 10.2. The average Bonchev–Trinajstić information content (AvgIpc) is 2.79. The Balaban J connectivity index is 1.88. The van der Waals surface area contributed by atoms with Gasteiger partial charge in [-0.1, -0.05) is 46.3 Å². The molecule has 8 heteroatoms. The molecule has 0 saturated carbocycles. The number of nitrogens with zero attached hydrogens (tertiary/aromatic N) is 2. The topological polar surface area (TPSA) is 66.9 Å². The smallest absolute Gasteiger partial charge is 0.243 e. The monoisotopic (exact) mass is 502 g/mol. The molecule has 0 aliphatic rings. The van der Waals surface area contributed by atoms with Crippen LogP contribution in [-0.4, -0.2) is 39.3 Å². The molecule has 0 unspecified atom stereocenters. The fourth-order valence-electron chi connectivity index (χ4n) is 2.98. The minimum Gasteiger partial charge on any atom is -0.497 e. The molecule has 0 atom stereocenters. The van der Waals surface area contributed by atoms with Crippen molar-refractivity contribution >= 4 is 37.5 Å². The molecule has 3 aromatic carbocycles. The van der Waals surface area contributed by atoms with Crippen LogP contribution in [0.2, 0.25) is 0 Å². The highest BCUT2D eigenvalue weighted by atomic mass is 79.9. The van der Waals surface area contributed by atoms with Crippen LogP contribution in [0.4, 0.5) is 5.69 Å². The third-order valence-electron chi connectivity index (χ3n) is 4.80. The summed E-state index contributed by atoms with van der Waals surface area (Å²) in [5.41, 5.74) is 1.44. The summed E-state index contributed by atoms with van der Waals surface area (Å²) in [5, 5.41) is 0. The van der Waals surface area contributed by atoms with E-state index in [1.165, 1.54) is 21.3 Å². The number of hydrogen-bond acceptors (Lipinski definition) is 4. The van der Waals surface area contributed by atoms with Gasteiger partial charge in [0.1, 0.15) is 5.75 Å². The number of carbonyl (C=O) groups is 1. The first-order valence-electron chi connectivity index (χ1n) is 9.51. The van der Waals surface area contributed by atoms with Gasteiger partial charge in [0, 0.05) is 23.8 Å². The minimum absolute atomic E-state index is 0.0848. The molecule has 3 rings (SSSR count). The third-order valence-corrected chi connectivity index (χ3v) is 7.13. The van der Waals surface area contributed by atoms with Crippen molar-refractivity contribution in [3.8, 4) is 5.75 Å². The fourth-order valence-corrected chi connectivity index (χ4v) is 4.62. The zero-order valence-electron chi connectivity index (χ0n) is 17.2. The molecule has 6 nitrogen and oxygen atoms in total. The second-order valence-electron chi connectivity index (χ2n) is 6.86. The van der Waals surface area contributed by atoms with Crippen LogP contribution in [0.25, 0.3) is 0 Å². The lowest BCUT2D eigenvalue weighted by Crippen LogP contribution is -2.41. The molecular formula is C23H23BrN2O4S. The predicted octanol–water partition coefficient (Wildman–Crippen LogP) is 4.31. The van der Waals surface area contributed by atoms with E-state index in [0.717, 1.165) is 10.0 Å². The highest BCUT2D eigenvalue weighted by Crippen LogP contribution is 2.22. The van der Waals surface area contributed by atoms with Gasteiger partial charge in [0.25, 0.3) is 0 Å². The number of ether oxygens (including phenoxy) is 1. The van der Waals surface area contributed by atoms with Crippen LogP contribution in [0.1, 0.15) is 5.56 Å². The van der Waals surface area contributed by atoms with Gasteiger partial charge in [-0.3, -0.25) is 4.79 Å². The van der Waals surface area contributed by atoms with Crippen molar-refractivity contribution in [3.05, 3.63) is 88.9 Å². The molecule has 0 aromatic heterocycles. The zero-order valence-corrected chi connectivity index (χ0v) is 19.6. The molecule has 0 fully saturated rings. The van der Waals surface area contributed by atoms with Crippen LogP contribution < -0.4 is 9.64 Å². The number of benzene rings is 3. The predicted molar refractivity (Wildman–Crippen MR) is 125 cm³/mol. The summed E-state index contributed by atoms with van der Waals surface area (Å²) in [6, 6.07) is 22.6. The van der Waals surface area contributed by atoms with E-state index < -0.39 is 10.0 Å². The number of amides is 1. The largest absolute Gasteiger partial charge is 0.497 e. The molecule has 0 N–H and O–H groups in total. The lowest BCUT2D eigenvalue weighted by Gasteiger charge is -2.25. The van der Waals surface area contributed by atoms with Gasteiger partial charge < -0.3 is 9.64 Å². The van der Waals surface area contributed by atoms with E-state index in [4.69, 9.17) is 4.74 Å². The standard InChI is InChI=1S/C23H23BrN2O4S/c1-25(20-10-12-21(30-2)13-11-20)23(27)17-26(16-18-6-4-3-5-7-18)31(28,29)22-14-8-19(24)9-15-22/h3-15H,16-17H2,1-2H3. The Kier molecular flexibility index (Phi) is 7.48. The summed E-state index contributed by atoms with van der Waals surface area (Å²) in [6.07, 6.45) is 0. The third kappa shape index (κ3) is 5.72. The number of methoxy groups -OCH3 is 1. The molecule has 0 aliphatic heterocycles. The maximum atomic E-state index is 13.3. The zero-order chi connectivity index (χ0) is 22.4. The van der Waals surface area contributed by atoms with Crippen LogP contribution in [0.5, 0.6) is 5.75 Å². The van der Waals surface area contributed by atoms with Crippen molar-refractivity contribution in [3.63, 3.8) is 0 Å². The number of anilines is 1. The summed E-state index contributed by atoms with van der Waals surface area (Å²) in [5.74, 6) is 0.329. The number of carbonyl (C=O) groups excluding carboxylic acids is 1. The Labute approximate surface area is 191 Å². The average molecular weight is 503 g/mol. The van der Waals surface area contributed by atoms with E-state index in [0.29, 0.717) is 11.4 Å². The molecule has 1 amide bonds. The fraction of sp³-hybridized carbons (Fsp3) is 0.174. The maximum Gasteiger partial charge on any atom is 0.243 e. The van der Waals surface area contributed by atoms with Gasteiger partial charge in [-0.25, -0.2) is 8.42 Å². The van der Waals surface area contributed by atoms with E-state index in [1.54, 1.807) is 50.6 Å². The van der Waals surface area contributed by atoms with Crippen LogP contribution in [0, 0.1) is 0 Å². The second-order valence-corrected chi connectivity index (χ2v) is 9.72. The Bertz CT molecular complexity index is 1120. The van der Waals surface area contributed by atoms with Gasteiger partial charge in [0.15, 0.2) is 0 Å².